The number of rotatable bonds is 11. The Morgan fingerprint density at radius 2 is 1.85 bits per heavy atom. The van der Waals surface area contributed by atoms with Gasteiger partial charge in [0.2, 0.25) is 0 Å². The Kier molecular flexibility index (Phi) is 10.3. The summed E-state index contributed by atoms with van der Waals surface area (Å²) >= 11 is 4.64. The largest absolute Gasteiger partial charge is 0.479 e. The van der Waals surface area contributed by atoms with Gasteiger partial charge in [0.05, 0.1) is 29.3 Å². The molecule has 1 aromatic heterocycles. The first kappa shape index (κ1) is 30.8. The van der Waals surface area contributed by atoms with Crippen molar-refractivity contribution in [2.24, 2.45) is 5.92 Å². The zero-order chi connectivity index (χ0) is 29.6. The molecule has 3 aromatic rings. The van der Waals surface area contributed by atoms with Gasteiger partial charge in [-0.05, 0) is 77.1 Å². The van der Waals surface area contributed by atoms with Crippen LogP contribution in [0.1, 0.15) is 28.1 Å². The van der Waals surface area contributed by atoms with Gasteiger partial charge in [-0.1, -0.05) is 30.3 Å². The molecular weight excluding hydrogens is 634 g/mol. The van der Waals surface area contributed by atoms with Crippen molar-refractivity contribution in [3.8, 4) is 16.2 Å². The number of para-hydroxylation sites is 1. The maximum absolute atomic E-state index is 13.8. The second-order valence-electron chi connectivity index (χ2n) is 9.50. The van der Waals surface area contributed by atoms with E-state index in [1.165, 1.54) is 14.2 Å². The number of anilines is 2. The zero-order valence-corrected chi connectivity index (χ0v) is 25.9. The molecule has 13 heteroatoms. The van der Waals surface area contributed by atoms with Gasteiger partial charge in [0, 0.05) is 11.4 Å². The highest BCUT2D eigenvalue weighted by atomic mass is 79.9. The van der Waals surface area contributed by atoms with Gasteiger partial charge < -0.3 is 30.6 Å². The number of hydrogen-bond acceptors (Lipinski definition) is 11. The van der Waals surface area contributed by atoms with Crippen molar-refractivity contribution in [3.05, 3.63) is 63.4 Å². The van der Waals surface area contributed by atoms with Crippen LogP contribution in [0, 0.1) is 5.92 Å². The van der Waals surface area contributed by atoms with E-state index < -0.39 is 33.8 Å². The molecule has 1 aliphatic heterocycles. The fourth-order valence-corrected chi connectivity index (χ4v) is 8.68. The number of piperidine rings is 1. The molecule has 1 saturated heterocycles. The van der Waals surface area contributed by atoms with E-state index in [0.29, 0.717) is 44.7 Å². The highest BCUT2D eigenvalue weighted by Crippen LogP contribution is 2.46. The maximum atomic E-state index is 13.8. The molecule has 41 heavy (non-hydrogen) atoms. The number of nitrogens with one attached hydrogen (secondary N) is 2. The fourth-order valence-electron chi connectivity index (χ4n) is 4.66. The lowest BCUT2D eigenvalue weighted by atomic mass is 9.97. The third kappa shape index (κ3) is 7.39. The molecule has 1 atom stereocenters. The zero-order valence-electron chi connectivity index (χ0n) is 22.6. The topological polar surface area (TPSA) is 146 Å². The Morgan fingerprint density at radius 3 is 2.54 bits per heavy atom. The molecule has 10 nitrogen and oxygen atoms in total. The van der Waals surface area contributed by atoms with Crippen molar-refractivity contribution in [3.63, 3.8) is 0 Å². The van der Waals surface area contributed by atoms with Gasteiger partial charge in [-0.3, -0.25) is 0 Å². The van der Waals surface area contributed by atoms with Gasteiger partial charge in [-0.15, -0.1) is 11.3 Å². The molecule has 0 amide bonds. The second kappa shape index (κ2) is 13.7. The number of nitrogen functional groups attached to an aromatic ring is 1. The normalized spacial score (nSPS) is 14.7. The van der Waals surface area contributed by atoms with E-state index >= 15 is 0 Å². The predicted molar refractivity (Wildman–Crippen MR) is 163 cm³/mol. The van der Waals surface area contributed by atoms with Crippen molar-refractivity contribution in [2.45, 2.75) is 24.0 Å². The van der Waals surface area contributed by atoms with Crippen LogP contribution in [0.4, 0.5) is 11.4 Å². The fraction of sp³-hybridized carbons (Fsp3) is 0.357. The van der Waals surface area contributed by atoms with Crippen LogP contribution in [0.5, 0.6) is 5.75 Å². The van der Waals surface area contributed by atoms with Crippen molar-refractivity contribution >= 4 is 60.4 Å². The van der Waals surface area contributed by atoms with Crippen molar-refractivity contribution in [2.75, 3.05) is 45.0 Å². The molecular formula is C28H32BrN3O7S2. The van der Waals surface area contributed by atoms with Crippen LogP contribution >= 0.6 is 27.3 Å². The van der Waals surface area contributed by atoms with Crippen LogP contribution in [0.25, 0.3) is 10.4 Å². The number of carbonyl (C=O) groups is 2. The molecule has 220 valence electrons. The van der Waals surface area contributed by atoms with Crippen molar-refractivity contribution < 1.29 is 32.2 Å². The Bertz CT molecular complexity index is 1500. The number of esters is 2. The summed E-state index contributed by atoms with van der Waals surface area (Å²) in [4.78, 5) is 25.0. The molecule has 0 spiro atoms. The van der Waals surface area contributed by atoms with E-state index in [2.05, 4.69) is 31.3 Å². The summed E-state index contributed by atoms with van der Waals surface area (Å²) in [7, 11) is -1.17. The molecule has 2 aromatic carbocycles. The van der Waals surface area contributed by atoms with Gasteiger partial charge in [-0.25, -0.2) is 18.0 Å². The lowest BCUT2D eigenvalue weighted by Crippen LogP contribution is -2.43. The lowest BCUT2D eigenvalue weighted by Gasteiger charge is -2.32. The summed E-state index contributed by atoms with van der Waals surface area (Å²) in [5, 5.41) is 5.77. The van der Waals surface area contributed by atoms with Crippen LogP contribution in [-0.4, -0.2) is 59.6 Å². The molecule has 0 aliphatic carbocycles. The van der Waals surface area contributed by atoms with Crippen LogP contribution in [0.3, 0.4) is 0 Å². The van der Waals surface area contributed by atoms with Gasteiger partial charge in [0.1, 0.15) is 5.37 Å². The second-order valence-corrected chi connectivity index (χ2v) is 13.4. The minimum atomic E-state index is -3.67. The van der Waals surface area contributed by atoms with Crippen molar-refractivity contribution in [1.82, 2.24) is 5.32 Å². The summed E-state index contributed by atoms with van der Waals surface area (Å²) in [5.74, 6) is -1.34. The Morgan fingerprint density at radius 1 is 1.12 bits per heavy atom. The highest BCUT2D eigenvalue weighted by Gasteiger charge is 2.35. The Hall–Kier alpha value is -3.13. The third-order valence-corrected chi connectivity index (χ3v) is 11.0. The first-order valence-corrected chi connectivity index (χ1v) is 16.2. The number of methoxy groups -OCH3 is 2. The molecule has 4 N–H and O–H groups in total. The van der Waals surface area contributed by atoms with E-state index in [9.17, 15) is 18.0 Å². The van der Waals surface area contributed by atoms with Gasteiger partial charge in [0.15, 0.2) is 27.1 Å². The molecule has 0 saturated carbocycles. The molecule has 1 fully saturated rings. The monoisotopic (exact) mass is 665 g/mol. The van der Waals surface area contributed by atoms with Gasteiger partial charge in [-0.2, -0.15) is 0 Å². The summed E-state index contributed by atoms with van der Waals surface area (Å²) in [6.45, 7) is 1.08. The Balaban J connectivity index is 1.67. The molecule has 4 rings (SSSR count). The summed E-state index contributed by atoms with van der Waals surface area (Å²) in [6, 6.07) is 14.3. The maximum Gasteiger partial charge on any atom is 0.351 e. The van der Waals surface area contributed by atoms with Crippen LogP contribution < -0.4 is 21.1 Å². The van der Waals surface area contributed by atoms with Crippen LogP contribution in [-0.2, 0) is 29.9 Å². The summed E-state index contributed by atoms with van der Waals surface area (Å²) in [5.41, 5.74) is 8.40. The average molecular weight is 667 g/mol. The van der Waals surface area contributed by atoms with E-state index in [0.717, 1.165) is 24.4 Å². The van der Waals surface area contributed by atoms with Gasteiger partial charge in [0.25, 0.3) is 0 Å². The number of ether oxygens (including phenoxy) is 3. The van der Waals surface area contributed by atoms with E-state index in [4.69, 9.17) is 15.2 Å². The quantitative estimate of drug-likeness (QED) is 0.198. The van der Waals surface area contributed by atoms with Crippen molar-refractivity contribution in [1.29, 1.82) is 0 Å². The number of halogens is 1. The van der Waals surface area contributed by atoms with E-state index in [1.54, 1.807) is 36.4 Å². The standard InChI is InChI=1S/C28H32BrN3O7S2/c1-37-22(33)15-39-24-23(29)25(40-26(24)28(34)38-2)18-7-5-8-20(14-18)32-27(17-10-12-31-13-11-17)41(35,36)16-19-6-3-4-9-21(19)30/h3-9,14,17,27,31-32H,10-13,15-16,30H2,1-2H3. The predicted octanol–water partition coefficient (Wildman–Crippen LogP) is 4.45. The smallest absolute Gasteiger partial charge is 0.351 e. The number of nitrogens with two attached hydrogens (primary N) is 1. The number of benzene rings is 2. The number of hydrogen-bond donors (Lipinski definition) is 3. The van der Waals surface area contributed by atoms with Crippen LogP contribution in [0.2, 0.25) is 0 Å². The number of carbonyl (C=O) groups excluding carboxylic acids is 2. The molecule has 0 radical (unpaired) electrons. The average Bonchev–Trinajstić information content (AvgIpc) is 3.31. The number of sulfone groups is 1. The minimum Gasteiger partial charge on any atom is -0.479 e. The molecule has 1 unspecified atom stereocenters. The third-order valence-electron chi connectivity index (χ3n) is 6.79. The highest BCUT2D eigenvalue weighted by molar-refractivity contribution is 9.10. The SMILES string of the molecule is COC(=O)COc1c(C(=O)OC)sc(-c2cccc(NC(C3CCNCC3)S(=O)(=O)Cc3ccccc3N)c2)c1Br. The van der Waals surface area contributed by atoms with E-state index in [-0.39, 0.29) is 22.3 Å². The number of thiophene rings is 1. The lowest BCUT2D eigenvalue weighted by molar-refractivity contribution is -0.142. The molecule has 2 heterocycles. The molecule has 0 bridgehead atoms. The molecule has 1 aliphatic rings. The first-order chi connectivity index (χ1) is 19.6. The first-order valence-electron chi connectivity index (χ1n) is 12.9. The Labute approximate surface area is 251 Å². The van der Waals surface area contributed by atoms with Gasteiger partial charge >= 0.3 is 11.9 Å². The minimum absolute atomic E-state index is 0.104. The van der Waals surface area contributed by atoms with E-state index in [1.807, 2.05) is 12.1 Å². The summed E-state index contributed by atoms with van der Waals surface area (Å²) < 4.78 is 43.3. The summed E-state index contributed by atoms with van der Waals surface area (Å²) in [6.07, 6.45) is 1.42. The van der Waals surface area contributed by atoms with Crippen LogP contribution in [0.15, 0.2) is 53.0 Å².